The van der Waals surface area contributed by atoms with Gasteiger partial charge >= 0.3 is 6.09 Å². The van der Waals surface area contributed by atoms with Gasteiger partial charge in [0.25, 0.3) is 0 Å². The fourth-order valence-electron chi connectivity index (χ4n) is 2.40. The smallest absolute Gasteiger partial charge is 0.410 e. The van der Waals surface area contributed by atoms with E-state index >= 15 is 0 Å². The van der Waals surface area contributed by atoms with E-state index in [0.29, 0.717) is 19.5 Å². The molecular weight excluding hydrogens is 268 g/mol. The molecule has 1 aliphatic heterocycles. The third-order valence-corrected chi connectivity index (χ3v) is 3.23. The Hall–Kier alpha value is -2.04. The maximum Gasteiger partial charge on any atom is 0.410 e. The van der Waals surface area contributed by atoms with E-state index in [1.807, 2.05) is 39.0 Å². The highest BCUT2D eigenvalue weighted by molar-refractivity contribution is 5.89. The van der Waals surface area contributed by atoms with Crippen molar-refractivity contribution in [3.8, 4) is 0 Å². The van der Waals surface area contributed by atoms with E-state index in [4.69, 9.17) is 4.74 Å². The van der Waals surface area contributed by atoms with Crippen molar-refractivity contribution >= 4 is 17.7 Å². The predicted octanol–water partition coefficient (Wildman–Crippen LogP) is 2.94. The third-order valence-electron chi connectivity index (χ3n) is 3.23. The van der Waals surface area contributed by atoms with Gasteiger partial charge in [-0.05, 0) is 44.4 Å². The van der Waals surface area contributed by atoms with Crippen LogP contribution < -0.4 is 5.32 Å². The van der Waals surface area contributed by atoms with Crippen LogP contribution in [0.1, 0.15) is 38.8 Å². The highest BCUT2D eigenvalue weighted by Crippen LogP contribution is 2.27. The molecule has 1 heterocycles. The molecule has 1 N–H and O–H groups in total. The molecule has 0 unspecified atom stereocenters. The topological polar surface area (TPSA) is 58.6 Å². The van der Waals surface area contributed by atoms with Crippen molar-refractivity contribution in [2.75, 3.05) is 11.9 Å². The lowest BCUT2D eigenvalue weighted by atomic mass is 9.98. The van der Waals surface area contributed by atoms with Crippen molar-refractivity contribution in [3.63, 3.8) is 0 Å². The van der Waals surface area contributed by atoms with Crippen LogP contribution in [-0.2, 0) is 22.5 Å². The molecule has 1 aromatic carbocycles. The quantitative estimate of drug-likeness (QED) is 0.865. The van der Waals surface area contributed by atoms with Crippen molar-refractivity contribution in [2.24, 2.45) is 0 Å². The van der Waals surface area contributed by atoms with Gasteiger partial charge in [-0.25, -0.2) is 4.79 Å². The fourth-order valence-corrected chi connectivity index (χ4v) is 2.40. The van der Waals surface area contributed by atoms with E-state index in [0.717, 1.165) is 16.8 Å². The summed E-state index contributed by atoms with van der Waals surface area (Å²) in [5.41, 5.74) is 2.50. The van der Waals surface area contributed by atoms with Gasteiger partial charge in [-0.3, -0.25) is 4.79 Å². The minimum Gasteiger partial charge on any atom is -0.444 e. The summed E-state index contributed by atoms with van der Waals surface area (Å²) in [6.07, 6.45) is 0.420. The number of nitrogens with one attached hydrogen (secondary N) is 1. The van der Waals surface area contributed by atoms with Crippen LogP contribution >= 0.6 is 0 Å². The van der Waals surface area contributed by atoms with Gasteiger partial charge in [0.15, 0.2) is 0 Å². The zero-order valence-corrected chi connectivity index (χ0v) is 13.0. The van der Waals surface area contributed by atoms with Gasteiger partial charge in [0.05, 0.1) is 0 Å². The Morgan fingerprint density at radius 3 is 2.62 bits per heavy atom. The number of ether oxygens (including phenoxy) is 1. The van der Waals surface area contributed by atoms with Crippen LogP contribution in [0.3, 0.4) is 0 Å². The number of amides is 2. The average Bonchev–Trinajstić information content (AvgIpc) is 2.35. The van der Waals surface area contributed by atoms with Gasteiger partial charge in [-0.15, -0.1) is 0 Å². The molecule has 0 aliphatic carbocycles. The Morgan fingerprint density at radius 2 is 2.00 bits per heavy atom. The van der Waals surface area contributed by atoms with Crippen LogP contribution in [0.5, 0.6) is 0 Å². The minimum absolute atomic E-state index is 0.0852. The molecule has 0 aromatic heterocycles. The SMILES string of the molecule is CC(=O)Nc1cccc2c1CCN(C(=O)OC(C)(C)C)C2. The van der Waals surface area contributed by atoms with Crippen LogP contribution in [0.15, 0.2) is 18.2 Å². The first-order chi connectivity index (χ1) is 9.76. The third kappa shape index (κ3) is 3.97. The van der Waals surface area contributed by atoms with Crippen LogP contribution in [0.2, 0.25) is 0 Å². The lowest BCUT2D eigenvalue weighted by Crippen LogP contribution is -2.40. The van der Waals surface area contributed by atoms with Gasteiger partial charge in [0, 0.05) is 25.7 Å². The summed E-state index contributed by atoms with van der Waals surface area (Å²) < 4.78 is 5.40. The molecule has 2 amide bonds. The molecule has 0 saturated heterocycles. The van der Waals surface area contributed by atoms with Gasteiger partial charge in [-0.1, -0.05) is 12.1 Å². The van der Waals surface area contributed by atoms with Crippen molar-refractivity contribution in [1.29, 1.82) is 0 Å². The number of nitrogens with zero attached hydrogens (tertiary/aromatic N) is 1. The minimum atomic E-state index is -0.491. The predicted molar refractivity (Wildman–Crippen MR) is 81.1 cm³/mol. The highest BCUT2D eigenvalue weighted by atomic mass is 16.6. The fraction of sp³-hybridized carbons (Fsp3) is 0.500. The van der Waals surface area contributed by atoms with E-state index in [9.17, 15) is 9.59 Å². The van der Waals surface area contributed by atoms with Crippen LogP contribution in [0.4, 0.5) is 10.5 Å². The molecule has 0 fully saturated rings. The second-order valence-corrected chi connectivity index (χ2v) is 6.28. The first-order valence-corrected chi connectivity index (χ1v) is 7.12. The number of carbonyl (C=O) groups excluding carboxylic acids is 2. The zero-order valence-electron chi connectivity index (χ0n) is 13.0. The summed E-state index contributed by atoms with van der Waals surface area (Å²) in [6.45, 7) is 8.18. The van der Waals surface area contributed by atoms with Gasteiger partial charge < -0.3 is 15.0 Å². The second kappa shape index (κ2) is 5.76. The number of rotatable bonds is 1. The van der Waals surface area contributed by atoms with E-state index < -0.39 is 5.60 Å². The Kier molecular flexibility index (Phi) is 4.21. The largest absolute Gasteiger partial charge is 0.444 e. The number of benzene rings is 1. The average molecular weight is 290 g/mol. The molecule has 21 heavy (non-hydrogen) atoms. The molecule has 1 aliphatic rings. The Bertz CT molecular complexity index is 561. The molecule has 0 atom stereocenters. The maximum absolute atomic E-state index is 12.1. The van der Waals surface area contributed by atoms with Crippen molar-refractivity contribution in [1.82, 2.24) is 4.90 Å². The zero-order chi connectivity index (χ0) is 15.6. The summed E-state index contributed by atoms with van der Waals surface area (Å²) in [6, 6.07) is 5.77. The van der Waals surface area contributed by atoms with Crippen molar-refractivity contribution in [3.05, 3.63) is 29.3 Å². The number of hydrogen-bond donors (Lipinski definition) is 1. The molecular formula is C16H22N2O3. The van der Waals surface area contributed by atoms with Crippen molar-refractivity contribution < 1.29 is 14.3 Å². The molecule has 1 aromatic rings. The number of hydrogen-bond acceptors (Lipinski definition) is 3. The molecule has 114 valence electrons. The first-order valence-electron chi connectivity index (χ1n) is 7.12. The van der Waals surface area contributed by atoms with E-state index in [1.165, 1.54) is 6.92 Å². The van der Waals surface area contributed by atoms with Crippen LogP contribution in [0, 0.1) is 0 Å². The lowest BCUT2D eigenvalue weighted by molar-refractivity contribution is -0.114. The number of carbonyl (C=O) groups is 2. The first kappa shape index (κ1) is 15.4. The molecule has 0 radical (unpaired) electrons. The highest BCUT2D eigenvalue weighted by Gasteiger charge is 2.26. The normalized spacial score (nSPS) is 14.4. The van der Waals surface area contributed by atoms with Gasteiger partial charge in [0.1, 0.15) is 5.60 Å². The standard InChI is InChI=1S/C16H22N2O3/c1-11(19)17-14-7-5-6-12-10-18(9-8-13(12)14)15(20)21-16(2,3)4/h5-7H,8-10H2,1-4H3,(H,17,19). The van der Waals surface area contributed by atoms with Crippen LogP contribution in [0.25, 0.3) is 0 Å². The van der Waals surface area contributed by atoms with Gasteiger partial charge in [0.2, 0.25) is 5.91 Å². The van der Waals surface area contributed by atoms with E-state index in [-0.39, 0.29) is 12.0 Å². The van der Waals surface area contributed by atoms with E-state index in [1.54, 1.807) is 4.90 Å². The Labute approximate surface area is 125 Å². The lowest BCUT2D eigenvalue weighted by Gasteiger charge is -2.32. The molecule has 0 spiro atoms. The Balaban J connectivity index is 2.14. The summed E-state index contributed by atoms with van der Waals surface area (Å²) in [5, 5.41) is 2.84. The van der Waals surface area contributed by atoms with E-state index in [2.05, 4.69) is 5.32 Å². The molecule has 2 rings (SSSR count). The molecule has 5 nitrogen and oxygen atoms in total. The monoisotopic (exact) mass is 290 g/mol. The Morgan fingerprint density at radius 1 is 1.29 bits per heavy atom. The molecule has 0 saturated carbocycles. The van der Waals surface area contributed by atoms with Gasteiger partial charge in [-0.2, -0.15) is 0 Å². The van der Waals surface area contributed by atoms with Crippen molar-refractivity contribution in [2.45, 2.75) is 46.3 Å². The number of anilines is 1. The second-order valence-electron chi connectivity index (χ2n) is 6.28. The number of fused-ring (bicyclic) bond motifs is 1. The van der Waals surface area contributed by atoms with Crippen LogP contribution in [-0.4, -0.2) is 29.0 Å². The summed E-state index contributed by atoms with van der Waals surface area (Å²) in [7, 11) is 0. The summed E-state index contributed by atoms with van der Waals surface area (Å²) in [4.78, 5) is 25.1. The summed E-state index contributed by atoms with van der Waals surface area (Å²) in [5.74, 6) is -0.0852. The molecule has 0 bridgehead atoms. The maximum atomic E-state index is 12.1. The summed E-state index contributed by atoms with van der Waals surface area (Å²) >= 11 is 0. The molecule has 5 heteroatoms.